The molecule has 0 spiro atoms. The van der Waals surface area contributed by atoms with E-state index < -0.39 is 5.82 Å². The van der Waals surface area contributed by atoms with Crippen molar-refractivity contribution < 1.29 is 14.6 Å². The SMILES string of the molecule is CC(Nc1ccc2ncc(-c3cn(CCO)nn3)n2n1)c1cc(F)ccc1O. The molecule has 1 unspecified atom stereocenters. The monoisotopic (exact) mass is 383 g/mol. The van der Waals surface area contributed by atoms with Gasteiger partial charge in [0.05, 0.1) is 31.6 Å². The van der Waals surface area contributed by atoms with Crippen LogP contribution in [0.15, 0.2) is 42.7 Å². The quantitative estimate of drug-likeness (QED) is 0.467. The van der Waals surface area contributed by atoms with Gasteiger partial charge < -0.3 is 15.5 Å². The maximum atomic E-state index is 13.5. The smallest absolute Gasteiger partial charge is 0.154 e. The number of aliphatic hydroxyl groups is 1. The molecule has 10 heteroatoms. The van der Waals surface area contributed by atoms with E-state index in [0.29, 0.717) is 35.0 Å². The van der Waals surface area contributed by atoms with E-state index in [0.717, 1.165) is 0 Å². The number of aliphatic hydroxyl groups excluding tert-OH is 1. The highest BCUT2D eigenvalue weighted by molar-refractivity contribution is 5.59. The van der Waals surface area contributed by atoms with Crippen molar-refractivity contribution in [3.63, 3.8) is 0 Å². The number of imidazole rings is 1. The summed E-state index contributed by atoms with van der Waals surface area (Å²) in [7, 11) is 0. The summed E-state index contributed by atoms with van der Waals surface area (Å²) in [6.07, 6.45) is 3.34. The number of benzene rings is 1. The van der Waals surface area contributed by atoms with Crippen LogP contribution in [-0.2, 0) is 6.54 Å². The molecule has 1 atom stereocenters. The minimum absolute atomic E-state index is 0.00583. The van der Waals surface area contributed by atoms with Crippen molar-refractivity contribution in [2.24, 2.45) is 0 Å². The van der Waals surface area contributed by atoms with Crippen LogP contribution in [0.5, 0.6) is 5.75 Å². The first-order valence-electron chi connectivity index (χ1n) is 8.66. The number of rotatable bonds is 6. The molecule has 3 heterocycles. The summed E-state index contributed by atoms with van der Waals surface area (Å²) in [5.74, 6) is 0.102. The Kier molecular flexibility index (Phi) is 4.62. The van der Waals surface area contributed by atoms with Crippen LogP contribution >= 0.6 is 0 Å². The predicted octanol–water partition coefficient (Wildman–Crippen LogP) is 2.00. The lowest BCUT2D eigenvalue weighted by atomic mass is 10.1. The molecular weight excluding hydrogens is 365 g/mol. The molecule has 0 aliphatic rings. The lowest BCUT2D eigenvalue weighted by Crippen LogP contribution is -2.10. The van der Waals surface area contributed by atoms with Gasteiger partial charge in [0.25, 0.3) is 0 Å². The number of hydrogen-bond acceptors (Lipinski definition) is 7. The number of nitrogens with one attached hydrogen (secondary N) is 1. The molecule has 0 radical (unpaired) electrons. The summed E-state index contributed by atoms with van der Waals surface area (Å²) in [4.78, 5) is 4.31. The molecule has 9 nitrogen and oxygen atoms in total. The number of phenolic OH excluding ortho intramolecular Hbond substituents is 1. The Hall–Kier alpha value is -3.53. The molecule has 0 aliphatic heterocycles. The first-order chi connectivity index (χ1) is 13.5. The van der Waals surface area contributed by atoms with Gasteiger partial charge >= 0.3 is 0 Å². The molecule has 3 N–H and O–H groups in total. The highest BCUT2D eigenvalue weighted by atomic mass is 19.1. The van der Waals surface area contributed by atoms with Crippen molar-refractivity contribution in [2.45, 2.75) is 19.5 Å². The van der Waals surface area contributed by atoms with E-state index in [9.17, 15) is 9.50 Å². The molecule has 0 saturated carbocycles. The summed E-state index contributed by atoms with van der Waals surface area (Å²) in [5.41, 5.74) is 2.27. The third-order valence-corrected chi connectivity index (χ3v) is 4.31. The summed E-state index contributed by atoms with van der Waals surface area (Å²) in [6, 6.07) is 6.98. The summed E-state index contributed by atoms with van der Waals surface area (Å²) in [5, 5.41) is 34.7. The minimum Gasteiger partial charge on any atom is -0.508 e. The molecule has 0 aliphatic carbocycles. The number of nitrogens with zero attached hydrogens (tertiary/aromatic N) is 6. The maximum absolute atomic E-state index is 13.5. The van der Waals surface area contributed by atoms with E-state index in [1.54, 1.807) is 36.0 Å². The Morgan fingerprint density at radius 1 is 1.25 bits per heavy atom. The molecule has 3 aromatic heterocycles. The number of anilines is 1. The Balaban J connectivity index is 1.64. The van der Waals surface area contributed by atoms with Gasteiger partial charge in [-0.3, -0.25) is 0 Å². The average molecular weight is 383 g/mol. The van der Waals surface area contributed by atoms with Gasteiger partial charge in [0.2, 0.25) is 0 Å². The van der Waals surface area contributed by atoms with Crippen LogP contribution in [0.4, 0.5) is 10.2 Å². The highest BCUT2D eigenvalue weighted by Gasteiger charge is 2.15. The first kappa shape index (κ1) is 17.9. The zero-order valence-corrected chi connectivity index (χ0v) is 15.0. The first-order valence-corrected chi connectivity index (χ1v) is 8.66. The molecule has 0 saturated heterocycles. The Morgan fingerprint density at radius 2 is 2.11 bits per heavy atom. The van der Waals surface area contributed by atoms with E-state index >= 15 is 0 Å². The zero-order chi connectivity index (χ0) is 19.7. The second-order valence-corrected chi connectivity index (χ2v) is 6.29. The molecular formula is C18H18FN7O2. The number of halogens is 1. The summed E-state index contributed by atoms with van der Waals surface area (Å²) in [6.45, 7) is 2.11. The van der Waals surface area contributed by atoms with Crippen molar-refractivity contribution in [1.29, 1.82) is 0 Å². The standard InChI is InChI=1S/C18H18FN7O2/c1-11(13-8-12(19)2-3-16(13)28)21-17-4-5-18-20-9-15(26(18)23-17)14-10-25(6-7-27)24-22-14/h2-5,8-11,27-28H,6-7H2,1H3,(H,21,23). The second kappa shape index (κ2) is 7.24. The van der Waals surface area contributed by atoms with Crippen molar-refractivity contribution in [1.82, 2.24) is 29.6 Å². The van der Waals surface area contributed by atoms with Crippen molar-refractivity contribution in [3.8, 4) is 17.1 Å². The molecule has 0 bridgehead atoms. The van der Waals surface area contributed by atoms with E-state index in [1.165, 1.54) is 22.9 Å². The van der Waals surface area contributed by atoms with Crippen LogP contribution in [-0.4, -0.2) is 46.4 Å². The van der Waals surface area contributed by atoms with E-state index in [-0.39, 0.29) is 18.4 Å². The van der Waals surface area contributed by atoms with E-state index in [2.05, 4.69) is 25.7 Å². The number of fused-ring (bicyclic) bond motifs is 1. The third kappa shape index (κ3) is 3.37. The fourth-order valence-electron chi connectivity index (χ4n) is 2.92. The van der Waals surface area contributed by atoms with Crippen molar-refractivity contribution >= 4 is 11.5 Å². The normalized spacial score (nSPS) is 12.4. The van der Waals surface area contributed by atoms with Gasteiger partial charge in [-0.15, -0.1) is 10.2 Å². The van der Waals surface area contributed by atoms with Crippen LogP contribution in [0, 0.1) is 5.82 Å². The lowest BCUT2D eigenvalue weighted by Gasteiger charge is -2.16. The average Bonchev–Trinajstić information content (AvgIpc) is 3.30. The second-order valence-electron chi connectivity index (χ2n) is 6.29. The van der Waals surface area contributed by atoms with Crippen LogP contribution < -0.4 is 5.32 Å². The fourth-order valence-corrected chi connectivity index (χ4v) is 2.92. The number of hydrogen-bond donors (Lipinski definition) is 3. The van der Waals surface area contributed by atoms with Gasteiger partial charge in [-0.2, -0.15) is 0 Å². The van der Waals surface area contributed by atoms with Crippen LogP contribution in [0.1, 0.15) is 18.5 Å². The summed E-state index contributed by atoms with van der Waals surface area (Å²) < 4.78 is 16.7. The van der Waals surface area contributed by atoms with E-state index in [4.69, 9.17) is 5.11 Å². The Labute approximate surface area is 159 Å². The molecule has 4 aromatic rings. The summed E-state index contributed by atoms with van der Waals surface area (Å²) >= 11 is 0. The van der Waals surface area contributed by atoms with Crippen molar-refractivity contribution in [3.05, 3.63) is 54.1 Å². The largest absolute Gasteiger partial charge is 0.508 e. The number of aromatic nitrogens is 6. The van der Waals surface area contributed by atoms with Crippen molar-refractivity contribution in [2.75, 3.05) is 11.9 Å². The maximum Gasteiger partial charge on any atom is 0.154 e. The van der Waals surface area contributed by atoms with Crippen LogP contribution in [0.2, 0.25) is 0 Å². The highest BCUT2D eigenvalue weighted by Crippen LogP contribution is 2.27. The lowest BCUT2D eigenvalue weighted by molar-refractivity contribution is 0.268. The number of aromatic hydroxyl groups is 1. The van der Waals surface area contributed by atoms with E-state index in [1.807, 2.05) is 0 Å². The molecule has 1 aromatic carbocycles. The molecule has 28 heavy (non-hydrogen) atoms. The van der Waals surface area contributed by atoms with Crippen LogP contribution in [0.3, 0.4) is 0 Å². The molecule has 144 valence electrons. The topological polar surface area (TPSA) is 113 Å². The predicted molar refractivity (Wildman–Crippen MR) is 99.2 cm³/mol. The zero-order valence-electron chi connectivity index (χ0n) is 15.0. The van der Waals surface area contributed by atoms with Gasteiger partial charge in [0.15, 0.2) is 5.65 Å². The molecule has 4 rings (SSSR count). The molecule has 0 fully saturated rings. The number of phenols is 1. The van der Waals surface area contributed by atoms with Crippen LogP contribution in [0.25, 0.3) is 17.0 Å². The van der Waals surface area contributed by atoms with Gasteiger partial charge in [0, 0.05) is 5.56 Å². The fraction of sp³-hybridized carbons (Fsp3) is 0.222. The minimum atomic E-state index is -0.423. The van der Waals surface area contributed by atoms with Gasteiger partial charge in [-0.25, -0.2) is 18.6 Å². The molecule has 0 amide bonds. The van der Waals surface area contributed by atoms with Gasteiger partial charge in [0.1, 0.15) is 28.8 Å². The Morgan fingerprint density at radius 3 is 2.93 bits per heavy atom. The van der Waals surface area contributed by atoms with Gasteiger partial charge in [-0.05, 0) is 37.3 Å². The Bertz CT molecular complexity index is 1120. The van der Waals surface area contributed by atoms with Gasteiger partial charge in [-0.1, -0.05) is 5.21 Å². The third-order valence-electron chi connectivity index (χ3n) is 4.31.